The van der Waals surface area contributed by atoms with E-state index in [1.807, 2.05) is 37.3 Å². The second-order valence-electron chi connectivity index (χ2n) is 5.22. The van der Waals surface area contributed by atoms with Crippen LogP contribution in [-0.4, -0.2) is 34.3 Å². The topological polar surface area (TPSA) is 146 Å². The summed E-state index contributed by atoms with van der Waals surface area (Å²) in [6.45, 7) is 1.67. The lowest BCUT2D eigenvalue weighted by Gasteiger charge is -2.14. The lowest BCUT2D eigenvalue weighted by molar-refractivity contribution is -0.120. The van der Waals surface area contributed by atoms with Gasteiger partial charge in [0.25, 0.3) is 0 Å². The highest BCUT2D eigenvalue weighted by Gasteiger charge is 2.11. The second-order valence-corrected chi connectivity index (χ2v) is 5.22. The molecule has 1 aromatic heterocycles. The van der Waals surface area contributed by atoms with Gasteiger partial charge in [-0.1, -0.05) is 30.3 Å². The second kappa shape index (κ2) is 8.39. The molecule has 2 aromatic rings. The summed E-state index contributed by atoms with van der Waals surface area (Å²) in [5.74, 6) is -0.444. The van der Waals surface area contributed by atoms with E-state index in [9.17, 15) is 9.59 Å². The van der Waals surface area contributed by atoms with E-state index in [0.29, 0.717) is 5.56 Å². The first-order valence-electron chi connectivity index (χ1n) is 7.51. The Balaban J connectivity index is 1.77. The molecule has 25 heavy (non-hydrogen) atoms. The Morgan fingerprint density at radius 3 is 2.44 bits per heavy atom. The van der Waals surface area contributed by atoms with Crippen LogP contribution in [0.25, 0.3) is 0 Å². The highest BCUT2D eigenvalue weighted by molar-refractivity contribution is 5.95. The minimum Gasteiger partial charge on any atom is -0.384 e. The van der Waals surface area contributed by atoms with Crippen LogP contribution in [0.4, 0.5) is 10.7 Å². The van der Waals surface area contributed by atoms with E-state index in [4.69, 9.17) is 11.1 Å². The normalized spacial score (nSPS) is 11.2. The predicted molar refractivity (Wildman–Crippen MR) is 93.1 cm³/mol. The summed E-state index contributed by atoms with van der Waals surface area (Å²) in [5, 5.41) is 14.8. The van der Waals surface area contributed by atoms with Gasteiger partial charge in [-0.05, 0) is 12.5 Å². The van der Waals surface area contributed by atoms with E-state index >= 15 is 0 Å². The maximum atomic E-state index is 11.9. The van der Waals surface area contributed by atoms with E-state index in [-0.39, 0.29) is 30.3 Å². The number of nitrogens with two attached hydrogens (primary N) is 1. The van der Waals surface area contributed by atoms with Gasteiger partial charge < -0.3 is 16.4 Å². The molecule has 0 saturated heterocycles. The van der Waals surface area contributed by atoms with Crippen LogP contribution in [0, 0.1) is 5.41 Å². The van der Waals surface area contributed by atoms with E-state index in [1.54, 1.807) is 0 Å². The van der Waals surface area contributed by atoms with Crippen molar-refractivity contribution >= 4 is 23.7 Å². The lowest BCUT2D eigenvalue weighted by Crippen LogP contribution is -2.40. The molecule has 0 fully saturated rings. The molecular weight excluding hydrogens is 322 g/mol. The fourth-order valence-electron chi connectivity index (χ4n) is 1.96. The van der Waals surface area contributed by atoms with Crippen molar-refractivity contribution in [1.82, 2.24) is 20.6 Å². The van der Waals surface area contributed by atoms with Crippen molar-refractivity contribution in [2.75, 3.05) is 11.9 Å². The molecule has 1 aromatic carbocycles. The molecule has 6 N–H and O–H groups in total. The van der Waals surface area contributed by atoms with Crippen molar-refractivity contribution in [3.8, 4) is 0 Å². The highest BCUT2D eigenvalue weighted by Crippen LogP contribution is 2.10. The van der Waals surface area contributed by atoms with Gasteiger partial charge in [0.05, 0.1) is 18.2 Å². The number of hydrogen-bond donors (Lipinski definition) is 5. The fraction of sp³-hybridized carbons (Fsp3) is 0.188. The van der Waals surface area contributed by atoms with Gasteiger partial charge in [-0.2, -0.15) is 0 Å². The average Bonchev–Trinajstić information content (AvgIpc) is 2.61. The number of carbonyl (C=O) groups is 2. The molecule has 0 aliphatic rings. The molecule has 0 bridgehead atoms. The lowest BCUT2D eigenvalue weighted by atomic mass is 10.1. The van der Waals surface area contributed by atoms with E-state index in [1.165, 1.54) is 12.4 Å². The van der Waals surface area contributed by atoms with Gasteiger partial charge in [-0.3, -0.25) is 15.5 Å². The standard InChI is InChI=1S/C16H19N7O2/c1-10(11-5-3-2-4-6-11)22-13(24)9-21-16(25)23-15-19-7-12(8-20-15)14(17)18/h2-8,10H,9H2,1H3,(H3,17,18)(H,22,24)(H2,19,20,21,23,25). The number of benzene rings is 1. The van der Waals surface area contributed by atoms with Crippen molar-refractivity contribution in [1.29, 1.82) is 5.41 Å². The number of amides is 3. The van der Waals surface area contributed by atoms with Crippen molar-refractivity contribution < 1.29 is 9.59 Å². The molecule has 0 aliphatic heterocycles. The first-order chi connectivity index (χ1) is 12.0. The zero-order chi connectivity index (χ0) is 18.2. The van der Waals surface area contributed by atoms with Gasteiger partial charge in [-0.15, -0.1) is 0 Å². The number of urea groups is 1. The summed E-state index contributed by atoms with van der Waals surface area (Å²) in [6, 6.07) is 8.72. The number of aromatic nitrogens is 2. The van der Waals surface area contributed by atoms with Crippen LogP contribution in [0.15, 0.2) is 42.7 Å². The van der Waals surface area contributed by atoms with Crippen molar-refractivity contribution in [2.24, 2.45) is 5.73 Å². The molecule has 1 unspecified atom stereocenters. The summed E-state index contributed by atoms with van der Waals surface area (Å²) in [6.07, 6.45) is 2.64. The first-order valence-corrected chi connectivity index (χ1v) is 7.51. The van der Waals surface area contributed by atoms with Gasteiger partial charge >= 0.3 is 6.03 Å². The number of amidine groups is 1. The van der Waals surface area contributed by atoms with Crippen molar-refractivity contribution in [3.63, 3.8) is 0 Å². The quantitative estimate of drug-likeness (QED) is 0.389. The number of hydrogen-bond acceptors (Lipinski definition) is 5. The highest BCUT2D eigenvalue weighted by atomic mass is 16.2. The van der Waals surface area contributed by atoms with Crippen LogP contribution in [0.5, 0.6) is 0 Å². The minimum absolute atomic E-state index is 0.0422. The number of nitrogens with one attached hydrogen (secondary N) is 4. The SMILES string of the molecule is CC(NC(=O)CNC(=O)Nc1ncc(C(=N)N)cn1)c1ccccc1. The van der Waals surface area contributed by atoms with Crippen molar-refractivity contribution in [2.45, 2.75) is 13.0 Å². The monoisotopic (exact) mass is 341 g/mol. The van der Waals surface area contributed by atoms with Crippen LogP contribution < -0.4 is 21.7 Å². The molecule has 0 radical (unpaired) electrons. The Kier molecular flexibility index (Phi) is 5.99. The van der Waals surface area contributed by atoms with Crippen molar-refractivity contribution in [3.05, 3.63) is 53.9 Å². The summed E-state index contributed by atoms with van der Waals surface area (Å²) in [7, 11) is 0. The largest absolute Gasteiger partial charge is 0.384 e. The molecule has 0 spiro atoms. The molecular formula is C16H19N7O2. The Hall–Kier alpha value is -3.49. The molecule has 9 heteroatoms. The third-order valence-electron chi connectivity index (χ3n) is 3.27. The van der Waals surface area contributed by atoms with Crippen LogP contribution in [0.2, 0.25) is 0 Å². The molecule has 2 rings (SSSR count). The van der Waals surface area contributed by atoms with Gasteiger partial charge in [-0.25, -0.2) is 14.8 Å². The van der Waals surface area contributed by atoms with Crippen LogP contribution in [0.1, 0.15) is 24.1 Å². The van der Waals surface area contributed by atoms with Crippen LogP contribution in [0.3, 0.4) is 0 Å². The third-order valence-corrected chi connectivity index (χ3v) is 3.27. The predicted octanol–water partition coefficient (Wildman–Crippen LogP) is 0.760. The van der Waals surface area contributed by atoms with Gasteiger partial charge in [0.15, 0.2) is 0 Å². The van der Waals surface area contributed by atoms with Gasteiger partial charge in [0.2, 0.25) is 11.9 Å². The van der Waals surface area contributed by atoms with Crippen LogP contribution >= 0.6 is 0 Å². The smallest absolute Gasteiger partial charge is 0.322 e. The van der Waals surface area contributed by atoms with E-state index in [0.717, 1.165) is 5.56 Å². The number of carbonyl (C=O) groups excluding carboxylic acids is 2. The molecule has 1 atom stereocenters. The Morgan fingerprint density at radius 2 is 1.84 bits per heavy atom. The Labute approximate surface area is 144 Å². The number of anilines is 1. The third kappa shape index (κ3) is 5.57. The van der Waals surface area contributed by atoms with E-state index in [2.05, 4.69) is 25.9 Å². The number of nitrogen functional groups attached to an aromatic ring is 1. The Morgan fingerprint density at radius 1 is 1.20 bits per heavy atom. The molecule has 1 heterocycles. The first kappa shape index (κ1) is 17.9. The Bertz CT molecular complexity index is 747. The summed E-state index contributed by atoms with van der Waals surface area (Å²) in [5.41, 5.74) is 6.61. The summed E-state index contributed by atoms with van der Waals surface area (Å²) >= 11 is 0. The molecule has 130 valence electrons. The molecule has 3 amide bonds. The number of rotatable bonds is 6. The maximum Gasteiger partial charge on any atom is 0.322 e. The molecule has 0 saturated carbocycles. The fourth-order valence-corrected chi connectivity index (χ4v) is 1.96. The van der Waals surface area contributed by atoms with Crippen LogP contribution in [-0.2, 0) is 4.79 Å². The average molecular weight is 341 g/mol. The summed E-state index contributed by atoms with van der Waals surface area (Å²) in [4.78, 5) is 31.3. The van der Waals surface area contributed by atoms with Gasteiger partial charge in [0, 0.05) is 12.4 Å². The summed E-state index contributed by atoms with van der Waals surface area (Å²) < 4.78 is 0. The zero-order valence-corrected chi connectivity index (χ0v) is 13.6. The van der Waals surface area contributed by atoms with Gasteiger partial charge in [0.1, 0.15) is 5.84 Å². The maximum absolute atomic E-state index is 11.9. The zero-order valence-electron chi connectivity index (χ0n) is 13.6. The number of nitrogens with zero attached hydrogens (tertiary/aromatic N) is 2. The minimum atomic E-state index is -0.613. The molecule has 9 nitrogen and oxygen atoms in total. The van der Waals surface area contributed by atoms with E-state index < -0.39 is 6.03 Å². The molecule has 0 aliphatic carbocycles.